The van der Waals surface area contributed by atoms with Gasteiger partial charge >= 0.3 is 0 Å². The quantitative estimate of drug-likeness (QED) is 0.770. The van der Waals surface area contributed by atoms with Crippen molar-refractivity contribution in [3.63, 3.8) is 0 Å². The summed E-state index contributed by atoms with van der Waals surface area (Å²) in [5.41, 5.74) is 0.252. The number of nitrogens with one attached hydrogen (secondary N) is 1. The van der Waals surface area contributed by atoms with E-state index < -0.39 is 0 Å². The van der Waals surface area contributed by atoms with Crippen molar-refractivity contribution in [2.45, 2.75) is 45.8 Å². The third-order valence-electron chi connectivity index (χ3n) is 2.59. The molecule has 0 saturated carbocycles. The molecule has 0 aromatic rings. The fraction of sp³-hybridized carbons (Fsp3) is 1.00. The van der Waals surface area contributed by atoms with Gasteiger partial charge in [0.2, 0.25) is 0 Å². The van der Waals surface area contributed by atoms with Crippen molar-refractivity contribution in [1.29, 1.82) is 0 Å². The second-order valence-corrected chi connectivity index (χ2v) is 6.06. The molecule has 15 heavy (non-hydrogen) atoms. The van der Waals surface area contributed by atoms with Gasteiger partial charge in [-0.2, -0.15) is 0 Å². The predicted octanol–water partition coefficient (Wildman–Crippen LogP) is 1.49. The van der Waals surface area contributed by atoms with E-state index in [1.807, 2.05) is 0 Å². The van der Waals surface area contributed by atoms with Crippen LogP contribution in [0.1, 0.15) is 34.6 Å². The van der Waals surface area contributed by atoms with E-state index in [9.17, 15) is 0 Å². The first-order valence-corrected chi connectivity index (χ1v) is 5.90. The van der Waals surface area contributed by atoms with Gasteiger partial charge in [-0.25, -0.2) is 0 Å². The fourth-order valence-electron chi connectivity index (χ4n) is 1.89. The molecule has 0 aliphatic carbocycles. The standard InChI is InChI=1S/C12H26N2O/c1-11(2,3)13-6-7-14-8-9-15-12(4,5)10-14/h13H,6-10H2,1-5H3. The van der Waals surface area contributed by atoms with Crippen molar-refractivity contribution >= 4 is 0 Å². The van der Waals surface area contributed by atoms with Crippen molar-refractivity contribution in [2.75, 3.05) is 32.8 Å². The molecule has 1 aliphatic rings. The Hall–Kier alpha value is -0.120. The number of hydrogen-bond acceptors (Lipinski definition) is 3. The van der Waals surface area contributed by atoms with Gasteiger partial charge < -0.3 is 10.1 Å². The van der Waals surface area contributed by atoms with Gasteiger partial charge in [0.1, 0.15) is 0 Å². The third kappa shape index (κ3) is 5.50. The van der Waals surface area contributed by atoms with Gasteiger partial charge in [0.05, 0.1) is 12.2 Å². The minimum absolute atomic E-state index is 0.0278. The van der Waals surface area contributed by atoms with E-state index in [1.54, 1.807) is 0 Å². The normalized spacial score (nSPS) is 23.0. The Morgan fingerprint density at radius 1 is 1.33 bits per heavy atom. The minimum Gasteiger partial charge on any atom is -0.373 e. The molecular weight excluding hydrogens is 188 g/mol. The van der Waals surface area contributed by atoms with Gasteiger partial charge in [-0.05, 0) is 34.6 Å². The van der Waals surface area contributed by atoms with Gasteiger partial charge in [0.25, 0.3) is 0 Å². The zero-order valence-corrected chi connectivity index (χ0v) is 10.9. The van der Waals surface area contributed by atoms with Gasteiger partial charge in [-0.15, -0.1) is 0 Å². The Kier molecular flexibility index (Phi) is 4.15. The first-order valence-electron chi connectivity index (χ1n) is 5.90. The van der Waals surface area contributed by atoms with Gasteiger partial charge in [-0.1, -0.05) is 0 Å². The Morgan fingerprint density at radius 3 is 2.53 bits per heavy atom. The maximum atomic E-state index is 5.68. The number of nitrogens with zero attached hydrogens (tertiary/aromatic N) is 1. The van der Waals surface area contributed by atoms with Crippen LogP contribution in [0.2, 0.25) is 0 Å². The third-order valence-corrected chi connectivity index (χ3v) is 2.59. The van der Waals surface area contributed by atoms with E-state index >= 15 is 0 Å². The molecule has 1 N–H and O–H groups in total. The zero-order chi connectivity index (χ0) is 11.5. The molecule has 0 aromatic carbocycles. The lowest BCUT2D eigenvalue weighted by molar-refractivity contribution is -0.0856. The van der Waals surface area contributed by atoms with Crippen molar-refractivity contribution in [1.82, 2.24) is 10.2 Å². The lowest BCUT2D eigenvalue weighted by atomic mass is 10.1. The highest BCUT2D eigenvalue weighted by molar-refractivity contribution is 4.80. The summed E-state index contributed by atoms with van der Waals surface area (Å²) in [6.45, 7) is 16.1. The van der Waals surface area contributed by atoms with E-state index in [0.717, 1.165) is 32.8 Å². The number of morpholine rings is 1. The number of hydrogen-bond donors (Lipinski definition) is 1. The topological polar surface area (TPSA) is 24.5 Å². The molecule has 0 aromatic heterocycles. The second-order valence-electron chi connectivity index (χ2n) is 6.06. The summed E-state index contributed by atoms with van der Waals surface area (Å²) in [6, 6.07) is 0. The summed E-state index contributed by atoms with van der Waals surface area (Å²) in [5.74, 6) is 0. The van der Waals surface area contributed by atoms with E-state index in [0.29, 0.717) is 0 Å². The SMILES string of the molecule is CC(C)(C)NCCN1CCOC(C)(C)C1. The smallest absolute Gasteiger partial charge is 0.0753 e. The summed E-state index contributed by atoms with van der Waals surface area (Å²) < 4.78 is 5.68. The van der Waals surface area contributed by atoms with E-state index in [2.05, 4.69) is 44.8 Å². The van der Waals surface area contributed by atoms with Crippen LogP contribution in [0.4, 0.5) is 0 Å². The van der Waals surface area contributed by atoms with Crippen molar-refractivity contribution in [3.8, 4) is 0 Å². The lowest BCUT2D eigenvalue weighted by Crippen LogP contribution is -2.51. The maximum Gasteiger partial charge on any atom is 0.0753 e. The fourth-order valence-corrected chi connectivity index (χ4v) is 1.89. The minimum atomic E-state index is 0.0278. The molecule has 3 heteroatoms. The molecule has 1 rings (SSSR count). The molecule has 3 nitrogen and oxygen atoms in total. The molecule has 0 radical (unpaired) electrons. The van der Waals surface area contributed by atoms with Crippen LogP contribution in [0.3, 0.4) is 0 Å². The van der Waals surface area contributed by atoms with Crippen LogP contribution in [0, 0.1) is 0 Å². The molecule has 90 valence electrons. The predicted molar refractivity (Wildman–Crippen MR) is 64.2 cm³/mol. The van der Waals surface area contributed by atoms with Crippen LogP contribution in [0.25, 0.3) is 0 Å². The van der Waals surface area contributed by atoms with Gasteiger partial charge in [0.15, 0.2) is 0 Å². The molecule has 0 bridgehead atoms. The summed E-state index contributed by atoms with van der Waals surface area (Å²) >= 11 is 0. The van der Waals surface area contributed by atoms with E-state index in [-0.39, 0.29) is 11.1 Å². The second kappa shape index (κ2) is 4.81. The number of rotatable bonds is 3. The molecule has 1 aliphatic heterocycles. The average molecular weight is 214 g/mol. The van der Waals surface area contributed by atoms with Crippen LogP contribution in [0.5, 0.6) is 0 Å². The highest BCUT2D eigenvalue weighted by atomic mass is 16.5. The Balaban J connectivity index is 2.22. The van der Waals surface area contributed by atoms with Crippen molar-refractivity contribution in [3.05, 3.63) is 0 Å². The summed E-state index contributed by atoms with van der Waals surface area (Å²) in [7, 11) is 0. The molecule has 1 fully saturated rings. The largest absolute Gasteiger partial charge is 0.373 e. The van der Waals surface area contributed by atoms with Crippen LogP contribution < -0.4 is 5.32 Å². The monoisotopic (exact) mass is 214 g/mol. The highest BCUT2D eigenvalue weighted by Crippen LogP contribution is 2.15. The first-order chi connectivity index (χ1) is 6.79. The average Bonchev–Trinajstić information content (AvgIpc) is 1.99. The highest BCUT2D eigenvalue weighted by Gasteiger charge is 2.26. The first kappa shape index (κ1) is 12.9. The summed E-state index contributed by atoms with van der Waals surface area (Å²) in [6.07, 6.45) is 0. The Morgan fingerprint density at radius 2 is 2.00 bits per heavy atom. The molecular formula is C12H26N2O. The van der Waals surface area contributed by atoms with Gasteiger partial charge in [0, 0.05) is 31.7 Å². The van der Waals surface area contributed by atoms with Crippen molar-refractivity contribution in [2.24, 2.45) is 0 Å². The molecule has 0 unspecified atom stereocenters. The lowest BCUT2D eigenvalue weighted by Gasteiger charge is -2.38. The van der Waals surface area contributed by atoms with Crippen LogP contribution in [-0.2, 0) is 4.74 Å². The summed E-state index contributed by atoms with van der Waals surface area (Å²) in [4.78, 5) is 2.47. The maximum absolute atomic E-state index is 5.68. The van der Waals surface area contributed by atoms with E-state index in [1.165, 1.54) is 0 Å². The molecule has 0 amide bonds. The number of ether oxygens (including phenoxy) is 1. The molecule has 1 saturated heterocycles. The van der Waals surface area contributed by atoms with E-state index in [4.69, 9.17) is 4.74 Å². The van der Waals surface area contributed by atoms with Crippen LogP contribution in [0.15, 0.2) is 0 Å². The summed E-state index contributed by atoms with van der Waals surface area (Å²) in [5, 5.41) is 3.51. The Bertz CT molecular complexity index is 196. The van der Waals surface area contributed by atoms with Gasteiger partial charge in [-0.3, -0.25) is 4.90 Å². The Labute approximate surface area is 94.2 Å². The van der Waals surface area contributed by atoms with Crippen LogP contribution >= 0.6 is 0 Å². The van der Waals surface area contributed by atoms with Crippen LogP contribution in [-0.4, -0.2) is 48.8 Å². The molecule has 0 atom stereocenters. The van der Waals surface area contributed by atoms with Crippen molar-refractivity contribution < 1.29 is 4.74 Å². The molecule has 0 spiro atoms. The molecule has 1 heterocycles. The zero-order valence-electron chi connectivity index (χ0n) is 10.9.